The first-order valence-corrected chi connectivity index (χ1v) is 10.2. The van der Waals surface area contributed by atoms with E-state index in [0.717, 1.165) is 22.3 Å². The molecule has 146 valence electrons. The highest BCUT2D eigenvalue weighted by Crippen LogP contribution is 2.51. The molecule has 0 radical (unpaired) electrons. The van der Waals surface area contributed by atoms with Gasteiger partial charge in [0.1, 0.15) is 0 Å². The lowest BCUT2D eigenvalue weighted by Gasteiger charge is -2.18. The van der Waals surface area contributed by atoms with E-state index in [2.05, 4.69) is 5.32 Å². The van der Waals surface area contributed by atoms with E-state index in [1.165, 1.54) is 18.7 Å². The number of amides is 1. The third-order valence-electron chi connectivity index (χ3n) is 5.09. The van der Waals surface area contributed by atoms with Gasteiger partial charge in [-0.3, -0.25) is 9.59 Å². The van der Waals surface area contributed by atoms with Gasteiger partial charge in [-0.2, -0.15) is 0 Å². The second-order valence-electron chi connectivity index (χ2n) is 6.75. The summed E-state index contributed by atoms with van der Waals surface area (Å²) in [5, 5.41) is 3.00. The van der Waals surface area contributed by atoms with Crippen LogP contribution in [0.2, 0.25) is 0 Å². The Kier molecular flexibility index (Phi) is 4.93. The molecule has 6 nitrogen and oxygen atoms in total. The molecule has 1 heterocycles. The first-order valence-electron chi connectivity index (χ1n) is 9.02. The van der Waals surface area contributed by atoms with Crippen molar-refractivity contribution in [1.29, 1.82) is 0 Å². The largest absolute Gasteiger partial charge is 0.492 e. The first kappa shape index (κ1) is 18.7. The Bertz CT molecular complexity index is 1020. The van der Waals surface area contributed by atoms with Crippen molar-refractivity contribution in [2.24, 2.45) is 0 Å². The van der Waals surface area contributed by atoms with Crippen molar-refractivity contribution in [3.8, 4) is 28.4 Å². The number of benzene rings is 1. The predicted molar refractivity (Wildman–Crippen MR) is 107 cm³/mol. The summed E-state index contributed by atoms with van der Waals surface area (Å²) in [6, 6.07) is 7.11. The average Bonchev–Trinajstić information content (AvgIpc) is 3.01. The van der Waals surface area contributed by atoms with Crippen LogP contribution in [-0.2, 0) is 11.2 Å². The molecule has 28 heavy (non-hydrogen) atoms. The van der Waals surface area contributed by atoms with Gasteiger partial charge in [-0.15, -0.1) is 11.8 Å². The van der Waals surface area contributed by atoms with Crippen LogP contribution in [0.15, 0.2) is 34.0 Å². The number of hydrogen-bond acceptors (Lipinski definition) is 6. The highest BCUT2D eigenvalue weighted by molar-refractivity contribution is 7.98. The van der Waals surface area contributed by atoms with E-state index in [0.29, 0.717) is 35.0 Å². The number of ether oxygens (including phenoxy) is 3. The summed E-state index contributed by atoms with van der Waals surface area (Å²) in [4.78, 5) is 25.2. The van der Waals surface area contributed by atoms with Crippen LogP contribution in [0.1, 0.15) is 30.5 Å². The van der Waals surface area contributed by atoms with Gasteiger partial charge in [-0.1, -0.05) is 6.07 Å². The van der Waals surface area contributed by atoms with Crippen molar-refractivity contribution in [2.75, 3.05) is 20.2 Å². The third kappa shape index (κ3) is 3.09. The molecule has 1 unspecified atom stereocenters. The summed E-state index contributed by atoms with van der Waals surface area (Å²) in [6.07, 6.45) is 3.25. The number of aryl methyl sites for hydroxylation is 1. The van der Waals surface area contributed by atoms with Crippen LogP contribution < -0.4 is 25.0 Å². The van der Waals surface area contributed by atoms with Crippen LogP contribution in [0.4, 0.5) is 0 Å². The van der Waals surface area contributed by atoms with E-state index >= 15 is 0 Å². The minimum absolute atomic E-state index is 0.0627. The Morgan fingerprint density at radius 2 is 2.11 bits per heavy atom. The highest BCUT2D eigenvalue weighted by atomic mass is 32.2. The van der Waals surface area contributed by atoms with E-state index in [9.17, 15) is 9.59 Å². The molecule has 4 rings (SSSR count). The molecule has 0 spiro atoms. The lowest BCUT2D eigenvalue weighted by Crippen LogP contribution is -2.26. The van der Waals surface area contributed by atoms with Gasteiger partial charge in [-0.25, -0.2) is 0 Å². The van der Waals surface area contributed by atoms with Crippen molar-refractivity contribution < 1.29 is 19.0 Å². The molecule has 0 bridgehead atoms. The van der Waals surface area contributed by atoms with E-state index < -0.39 is 0 Å². The fraction of sp³-hybridized carbons (Fsp3) is 0.333. The number of methoxy groups -OCH3 is 1. The monoisotopic (exact) mass is 399 g/mol. The SMILES string of the molecule is COc1c2c(cc3c1-c1ccc(SC)c(=O)cc1C(NC(C)=O)CC3)OCO2. The molecule has 2 aromatic rings. The summed E-state index contributed by atoms with van der Waals surface area (Å²) in [7, 11) is 1.60. The van der Waals surface area contributed by atoms with Crippen LogP contribution in [0.5, 0.6) is 17.2 Å². The number of hydrogen-bond donors (Lipinski definition) is 1. The zero-order valence-electron chi connectivity index (χ0n) is 16.0. The zero-order chi connectivity index (χ0) is 19.8. The summed E-state index contributed by atoms with van der Waals surface area (Å²) < 4.78 is 16.9. The highest BCUT2D eigenvalue weighted by Gasteiger charge is 2.31. The van der Waals surface area contributed by atoms with Crippen LogP contribution >= 0.6 is 11.8 Å². The topological polar surface area (TPSA) is 73.9 Å². The molecule has 0 fully saturated rings. The Morgan fingerprint density at radius 3 is 2.82 bits per heavy atom. The van der Waals surface area contributed by atoms with Gasteiger partial charge >= 0.3 is 0 Å². The molecule has 1 aliphatic carbocycles. The van der Waals surface area contributed by atoms with Gasteiger partial charge in [0, 0.05) is 12.5 Å². The molecule has 1 aliphatic heterocycles. The molecule has 1 atom stereocenters. The van der Waals surface area contributed by atoms with Gasteiger partial charge in [0.15, 0.2) is 16.9 Å². The molecule has 7 heteroatoms. The quantitative estimate of drug-likeness (QED) is 0.799. The predicted octanol–water partition coefficient (Wildman–Crippen LogP) is 3.30. The fourth-order valence-electron chi connectivity index (χ4n) is 3.91. The van der Waals surface area contributed by atoms with E-state index in [1.807, 2.05) is 24.5 Å². The number of thioether (sulfide) groups is 1. The maximum absolute atomic E-state index is 12.7. The molecular formula is C21H21NO5S. The number of carbonyl (C=O) groups is 1. The van der Waals surface area contributed by atoms with Gasteiger partial charge in [0.05, 0.1) is 18.0 Å². The second kappa shape index (κ2) is 7.39. The Hall–Kier alpha value is -2.67. The summed E-state index contributed by atoms with van der Waals surface area (Å²) >= 11 is 1.40. The average molecular weight is 399 g/mol. The molecule has 2 aliphatic rings. The van der Waals surface area contributed by atoms with Crippen LogP contribution in [0.3, 0.4) is 0 Å². The molecule has 1 N–H and O–H groups in total. The summed E-state index contributed by atoms with van der Waals surface area (Å²) in [5.74, 6) is 1.69. The number of nitrogens with one attached hydrogen (secondary N) is 1. The van der Waals surface area contributed by atoms with Crippen molar-refractivity contribution in [2.45, 2.75) is 30.7 Å². The second-order valence-corrected chi connectivity index (χ2v) is 7.60. The van der Waals surface area contributed by atoms with Crippen LogP contribution in [0, 0.1) is 0 Å². The first-order chi connectivity index (χ1) is 13.5. The number of fused-ring (bicyclic) bond motifs is 4. The Balaban J connectivity index is 2.05. The van der Waals surface area contributed by atoms with E-state index in [-0.39, 0.29) is 24.2 Å². The normalized spacial score (nSPS) is 16.6. The number of carbonyl (C=O) groups excluding carboxylic acids is 1. The Labute approximate surface area is 167 Å². The maximum Gasteiger partial charge on any atom is 0.231 e. The van der Waals surface area contributed by atoms with Crippen molar-refractivity contribution in [3.63, 3.8) is 0 Å². The number of rotatable bonds is 3. The maximum atomic E-state index is 12.7. The van der Waals surface area contributed by atoms with Gasteiger partial charge in [0.25, 0.3) is 0 Å². The smallest absolute Gasteiger partial charge is 0.231 e. The fourth-order valence-corrected chi connectivity index (χ4v) is 4.38. The summed E-state index contributed by atoms with van der Waals surface area (Å²) in [6.45, 7) is 1.64. The van der Waals surface area contributed by atoms with Crippen LogP contribution in [0.25, 0.3) is 11.1 Å². The zero-order valence-corrected chi connectivity index (χ0v) is 16.8. The minimum atomic E-state index is -0.268. The standard InChI is InChI=1S/C21H21NO5S/c1-11(23)22-15-6-4-12-8-17-20(27-10-26-17)21(25-2)19(12)13-5-7-18(28-3)16(24)9-14(13)15/h5,7-9,15H,4,6,10H2,1-3H3,(H,22,23). The van der Waals surface area contributed by atoms with Gasteiger partial charge in [0.2, 0.25) is 18.4 Å². The van der Waals surface area contributed by atoms with Crippen molar-refractivity contribution in [1.82, 2.24) is 5.32 Å². The van der Waals surface area contributed by atoms with E-state index in [1.54, 1.807) is 13.2 Å². The molecule has 0 aromatic heterocycles. The molecule has 0 saturated carbocycles. The minimum Gasteiger partial charge on any atom is -0.492 e. The van der Waals surface area contributed by atoms with Crippen molar-refractivity contribution >= 4 is 17.7 Å². The molecule has 0 saturated heterocycles. The molecular weight excluding hydrogens is 378 g/mol. The summed E-state index contributed by atoms with van der Waals surface area (Å²) in [5.41, 5.74) is 3.51. The lowest BCUT2D eigenvalue weighted by molar-refractivity contribution is -0.119. The van der Waals surface area contributed by atoms with Gasteiger partial charge < -0.3 is 19.5 Å². The van der Waals surface area contributed by atoms with Gasteiger partial charge in [-0.05, 0) is 54.0 Å². The van der Waals surface area contributed by atoms with E-state index in [4.69, 9.17) is 14.2 Å². The third-order valence-corrected chi connectivity index (χ3v) is 5.87. The van der Waals surface area contributed by atoms with Crippen LogP contribution in [-0.4, -0.2) is 26.1 Å². The Morgan fingerprint density at radius 1 is 1.29 bits per heavy atom. The molecule has 2 aromatic carbocycles. The molecule has 1 amide bonds. The van der Waals surface area contributed by atoms with Crippen molar-refractivity contribution in [3.05, 3.63) is 45.6 Å². The lowest BCUT2D eigenvalue weighted by atomic mass is 9.95.